The van der Waals surface area contributed by atoms with Crippen LogP contribution in [-0.4, -0.2) is 19.7 Å². The van der Waals surface area contributed by atoms with Crippen molar-refractivity contribution >= 4 is 0 Å². The summed E-state index contributed by atoms with van der Waals surface area (Å²) in [6.07, 6.45) is 6.07. The third kappa shape index (κ3) is 2.17. The lowest BCUT2D eigenvalue weighted by molar-refractivity contribution is 0.840. The number of pyridine rings is 1. The van der Waals surface area contributed by atoms with Gasteiger partial charge in [0.1, 0.15) is 12.7 Å². The van der Waals surface area contributed by atoms with Gasteiger partial charge in [0.25, 0.3) is 0 Å². The maximum absolute atomic E-state index is 8.44. The van der Waals surface area contributed by atoms with E-state index in [0.717, 1.165) is 17.8 Å². The highest BCUT2D eigenvalue weighted by Gasteiger charge is 1.98. The zero-order chi connectivity index (χ0) is 10.5. The van der Waals surface area contributed by atoms with Crippen LogP contribution in [0.4, 0.5) is 0 Å². The van der Waals surface area contributed by atoms with E-state index in [9.17, 15) is 0 Å². The van der Waals surface area contributed by atoms with Crippen LogP contribution in [0.25, 0.3) is 5.82 Å². The number of hydrogen-bond acceptors (Lipinski definition) is 4. The molecule has 0 amide bonds. The van der Waals surface area contributed by atoms with E-state index in [4.69, 9.17) is 5.26 Å². The molecule has 0 aliphatic rings. The molecule has 0 aromatic carbocycles. The van der Waals surface area contributed by atoms with Crippen molar-refractivity contribution in [3.8, 4) is 11.9 Å². The molecule has 0 radical (unpaired) electrons. The van der Waals surface area contributed by atoms with Crippen LogP contribution in [0.3, 0.4) is 0 Å². The van der Waals surface area contributed by atoms with E-state index >= 15 is 0 Å². The molecule has 0 saturated heterocycles. The predicted octanol–water partition coefficient (Wildman–Crippen LogP) is 1.12. The van der Waals surface area contributed by atoms with Crippen LogP contribution in [-0.2, 0) is 6.42 Å². The van der Waals surface area contributed by atoms with Crippen LogP contribution >= 0.6 is 0 Å². The van der Waals surface area contributed by atoms with Crippen LogP contribution in [0.1, 0.15) is 12.0 Å². The van der Waals surface area contributed by atoms with Gasteiger partial charge in [-0.15, -0.1) is 0 Å². The van der Waals surface area contributed by atoms with Gasteiger partial charge in [0.05, 0.1) is 6.07 Å². The van der Waals surface area contributed by atoms with Gasteiger partial charge in [0.15, 0.2) is 5.82 Å². The zero-order valence-electron chi connectivity index (χ0n) is 8.04. The minimum Gasteiger partial charge on any atom is -0.237 e. The molecule has 5 heteroatoms. The Balaban J connectivity index is 2.15. The topological polar surface area (TPSA) is 67.4 Å². The van der Waals surface area contributed by atoms with Crippen molar-refractivity contribution in [2.75, 3.05) is 0 Å². The molecule has 0 aliphatic heterocycles. The highest BCUT2D eigenvalue weighted by atomic mass is 15.3. The molecule has 2 heterocycles. The zero-order valence-corrected chi connectivity index (χ0v) is 8.04. The van der Waals surface area contributed by atoms with E-state index in [1.807, 2.05) is 12.1 Å². The van der Waals surface area contributed by atoms with Crippen molar-refractivity contribution < 1.29 is 0 Å². The largest absolute Gasteiger partial charge is 0.237 e. The van der Waals surface area contributed by atoms with E-state index in [1.165, 1.54) is 6.33 Å². The van der Waals surface area contributed by atoms with Crippen molar-refractivity contribution in [2.45, 2.75) is 12.8 Å². The van der Waals surface area contributed by atoms with Gasteiger partial charge in [-0.2, -0.15) is 10.4 Å². The summed E-state index contributed by atoms with van der Waals surface area (Å²) in [5.41, 5.74) is 1.06. The normalized spacial score (nSPS) is 9.80. The highest BCUT2D eigenvalue weighted by molar-refractivity contribution is 5.23. The van der Waals surface area contributed by atoms with Gasteiger partial charge in [0.2, 0.25) is 0 Å². The lowest BCUT2D eigenvalue weighted by atomic mass is 10.2. The maximum Gasteiger partial charge on any atom is 0.155 e. The lowest BCUT2D eigenvalue weighted by Gasteiger charge is -2.00. The molecule has 2 aromatic heterocycles. The van der Waals surface area contributed by atoms with Crippen molar-refractivity contribution in [3.63, 3.8) is 0 Å². The van der Waals surface area contributed by atoms with Gasteiger partial charge in [0, 0.05) is 12.6 Å². The van der Waals surface area contributed by atoms with E-state index in [0.29, 0.717) is 6.42 Å². The number of aromatic nitrogens is 4. The first-order chi connectivity index (χ1) is 7.40. The Morgan fingerprint density at radius 1 is 1.40 bits per heavy atom. The fourth-order valence-electron chi connectivity index (χ4n) is 1.23. The first kappa shape index (κ1) is 9.34. The molecule has 15 heavy (non-hydrogen) atoms. The average molecular weight is 199 g/mol. The summed E-state index contributed by atoms with van der Waals surface area (Å²) in [5.74, 6) is 0.730. The van der Waals surface area contributed by atoms with Crippen molar-refractivity contribution in [1.29, 1.82) is 5.26 Å². The Labute approximate surface area is 87.0 Å². The van der Waals surface area contributed by atoms with Crippen LogP contribution < -0.4 is 0 Å². The molecule has 0 fully saturated rings. The molecule has 0 bridgehead atoms. The van der Waals surface area contributed by atoms with E-state index < -0.39 is 0 Å². The lowest BCUT2D eigenvalue weighted by Crippen LogP contribution is -1.98. The van der Waals surface area contributed by atoms with Gasteiger partial charge in [-0.05, 0) is 18.1 Å². The molecule has 0 N–H and O–H groups in total. The molecular weight excluding hydrogens is 190 g/mol. The number of aryl methyl sites for hydroxylation is 1. The molecule has 0 saturated carbocycles. The standard InChI is InChI=1S/C10H9N5/c11-5-1-2-9-3-4-10(13-6-9)15-8-12-7-14-15/h3-4,6-8H,1-2H2. The first-order valence-corrected chi connectivity index (χ1v) is 4.57. The van der Waals surface area contributed by atoms with Gasteiger partial charge >= 0.3 is 0 Å². The van der Waals surface area contributed by atoms with E-state index in [2.05, 4.69) is 21.1 Å². The number of hydrogen-bond donors (Lipinski definition) is 0. The Bertz CT molecular complexity index is 452. The van der Waals surface area contributed by atoms with Gasteiger partial charge < -0.3 is 0 Å². The molecule has 2 rings (SSSR count). The summed E-state index contributed by atoms with van der Waals surface area (Å²) >= 11 is 0. The van der Waals surface area contributed by atoms with Crippen LogP contribution in [0.15, 0.2) is 31.0 Å². The van der Waals surface area contributed by atoms with Crippen LogP contribution in [0.5, 0.6) is 0 Å². The molecule has 5 nitrogen and oxygen atoms in total. The summed E-state index contributed by atoms with van der Waals surface area (Å²) in [6.45, 7) is 0. The Kier molecular flexibility index (Phi) is 2.70. The molecule has 0 unspecified atom stereocenters. The second kappa shape index (κ2) is 4.33. The minimum absolute atomic E-state index is 0.518. The van der Waals surface area contributed by atoms with Crippen molar-refractivity contribution in [3.05, 3.63) is 36.5 Å². The monoisotopic (exact) mass is 199 g/mol. The Morgan fingerprint density at radius 3 is 2.93 bits per heavy atom. The number of nitriles is 1. The third-order valence-corrected chi connectivity index (χ3v) is 1.99. The number of nitrogens with zero attached hydrogens (tertiary/aromatic N) is 5. The summed E-state index contributed by atoms with van der Waals surface area (Å²) in [6, 6.07) is 5.91. The average Bonchev–Trinajstić information content (AvgIpc) is 2.80. The van der Waals surface area contributed by atoms with E-state index in [1.54, 1.807) is 17.2 Å². The summed E-state index contributed by atoms with van der Waals surface area (Å²) in [7, 11) is 0. The summed E-state index contributed by atoms with van der Waals surface area (Å²) in [5, 5.41) is 12.4. The van der Waals surface area contributed by atoms with Gasteiger partial charge in [-0.1, -0.05) is 6.07 Å². The molecule has 0 aliphatic carbocycles. The minimum atomic E-state index is 0.518. The van der Waals surface area contributed by atoms with Crippen LogP contribution in [0.2, 0.25) is 0 Å². The van der Waals surface area contributed by atoms with Crippen LogP contribution in [0, 0.1) is 11.3 Å². The summed E-state index contributed by atoms with van der Waals surface area (Å²) < 4.78 is 1.59. The molecule has 0 spiro atoms. The molecule has 0 atom stereocenters. The van der Waals surface area contributed by atoms with Gasteiger partial charge in [-0.25, -0.2) is 14.6 Å². The second-order valence-corrected chi connectivity index (χ2v) is 3.02. The second-order valence-electron chi connectivity index (χ2n) is 3.02. The SMILES string of the molecule is N#CCCc1ccc(-n2cncn2)nc1. The smallest absolute Gasteiger partial charge is 0.155 e. The predicted molar refractivity (Wildman–Crippen MR) is 53.1 cm³/mol. The fourth-order valence-corrected chi connectivity index (χ4v) is 1.23. The van der Waals surface area contributed by atoms with Crippen molar-refractivity contribution in [2.24, 2.45) is 0 Å². The molecule has 2 aromatic rings. The van der Waals surface area contributed by atoms with Gasteiger partial charge in [-0.3, -0.25) is 0 Å². The maximum atomic E-state index is 8.44. The molecular formula is C10H9N5. The Hall–Kier alpha value is -2.22. The Morgan fingerprint density at radius 2 is 2.33 bits per heavy atom. The fraction of sp³-hybridized carbons (Fsp3) is 0.200. The highest BCUT2D eigenvalue weighted by Crippen LogP contribution is 2.05. The quantitative estimate of drug-likeness (QED) is 0.742. The third-order valence-electron chi connectivity index (χ3n) is 1.99. The number of rotatable bonds is 3. The molecule has 74 valence electrons. The summed E-state index contributed by atoms with van der Waals surface area (Å²) in [4.78, 5) is 8.06. The van der Waals surface area contributed by atoms with E-state index in [-0.39, 0.29) is 0 Å². The van der Waals surface area contributed by atoms with Crippen molar-refractivity contribution in [1.82, 2.24) is 19.7 Å². The first-order valence-electron chi connectivity index (χ1n) is 4.57.